The summed E-state index contributed by atoms with van der Waals surface area (Å²) in [6.07, 6.45) is 22.3. The highest BCUT2D eigenvalue weighted by molar-refractivity contribution is 5.18. The second kappa shape index (κ2) is 16.0. The Balaban J connectivity index is 1.80. The molecule has 0 unspecified atom stereocenters. The Hall–Kier alpha value is -1.25. The summed E-state index contributed by atoms with van der Waals surface area (Å²) in [7, 11) is 0. The minimum atomic E-state index is -0.462. The fourth-order valence-electron chi connectivity index (χ4n) is 3.49. The van der Waals surface area contributed by atoms with E-state index in [-0.39, 0.29) is 5.75 Å². The minimum Gasteiger partial charge on any atom is -0.508 e. The first-order valence-corrected chi connectivity index (χ1v) is 11.1. The summed E-state index contributed by atoms with van der Waals surface area (Å²) in [5, 5.41) is 9.37. The number of rotatable bonds is 17. The van der Waals surface area contributed by atoms with E-state index in [4.69, 9.17) is 4.42 Å². The van der Waals surface area contributed by atoms with Crippen molar-refractivity contribution in [2.75, 3.05) is 0 Å². The second-order valence-electron chi connectivity index (χ2n) is 7.65. The van der Waals surface area contributed by atoms with Gasteiger partial charge >= 0.3 is 5.63 Å². The van der Waals surface area contributed by atoms with Crippen molar-refractivity contribution in [2.24, 2.45) is 0 Å². The van der Waals surface area contributed by atoms with E-state index < -0.39 is 5.63 Å². The van der Waals surface area contributed by atoms with E-state index in [0.29, 0.717) is 5.76 Å². The molecule has 0 aliphatic heterocycles. The Kier molecular flexibility index (Phi) is 14.0. The summed E-state index contributed by atoms with van der Waals surface area (Å²) in [5.41, 5.74) is -0.462. The lowest BCUT2D eigenvalue weighted by molar-refractivity contribution is 0.418. The monoisotopic (exact) mass is 364 g/mol. The van der Waals surface area contributed by atoms with Crippen LogP contribution in [0.4, 0.5) is 0 Å². The fourth-order valence-corrected chi connectivity index (χ4v) is 3.49. The molecule has 26 heavy (non-hydrogen) atoms. The van der Waals surface area contributed by atoms with E-state index in [2.05, 4.69) is 6.92 Å². The summed E-state index contributed by atoms with van der Waals surface area (Å²) in [6.45, 7) is 2.28. The molecule has 1 N–H and O–H groups in total. The van der Waals surface area contributed by atoms with Gasteiger partial charge in [0.1, 0.15) is 11.5 Å². The predicted octanol–water partition coefficient (Wildman–Crippen LogP) is 7.15. The van der Waals surface area contributed by atoms with Crippen LogP contribution in [0.5, 0.6) is 5.75 Å². The van der Waals surface area contributed by atoms with Gasteiger partial charge in [-0.2, -0.15) is 0 Å². The lowest BCUT2D eigenvalue weighted by atomic mass is 10.0. The number of aryl methyl sites for hydroxylation is 1. The second-order valence-corrected chi connectivity index (χ2v) is 7.65. The maximum atomic E-state index is 11.2. The number of hydrogen-bond donors (Lipinski definition) is 1. The van der Waals surface area contributed by atoms with Crippen molar-refractivity contribution < 1.29 is 9.52 Å². The summed E-state index contributed by atoms with van der Waals surface area (Å²) < 4.78 is 5.07. The van der Waals surface area contributed by atoms with E-state index in [1.807, 2.05) is 0 Å². The quantitative estimate of drug-likeness (QED) is 0.299. The van der Waals surface area contributed by atoms with Gasteiger partial charge in [0.15, 0.2) is 0 Å². The van der Waals surface area contributed by atoms with Crippen LogP contribution in [0.3, 0.4) is 0 Å². The molecule has 3 nitrogen and oxygen atoms in total. The molecule has 0 saturated heterocycles. The van der Waals surface area contributed by atoms with Gasteiger partial charge in [-0.1, -0.05) is 103 Å². The highest BCUT2D eigenvalue weighted by Crippen LogP contribution is 2.15. The average Bonchev–Trinajstić information content (AvgIpc) is 2.60. The predicted molar refractivity (Wildman–Crippen MR) is 110 cm³/mol. The standard InChI is InChI=1S/C23H40O3/c1-2-3-4-5-6-7-8-9-10-11-12-13-14-15-16-17-18-22-19-21(24)20-23(25)26-22/h19-20,24H,2-18H2,1H3. The zero-order valence-electron chi connectivity index (χ0n) is 16.9. The minimum absolute atomic E-state index is 0.00717. The van der Waals surface area contributed by atoms with E-state index in [0.717, 1.165) is 25.3 Å². The molecule has 1 heterocycles. The fraction of sp³-hybridized carbons (Fsp3) is 0.783. The van der Waals surface area contributed by atoms with Crippen molar-refractivity contribution in [1.29, 1.82) is 0 Å². The highest BCUT2D eigenvalue weighted by atomic mass is 16.4. The molecule has 3 heteroatoms. The average molecular weight is 365 g/mol. The molecule has 0 amide bonds. The van der Waals surface area contributed by atoms with Crippen LogP contribution in [0.15, 0.2) is 21.3 Å². The van der Waals surface area contributed by atoms with E-state index in [1.54, 1.807) is 6.07 Å². The normalized spacial score (nSPS) is 11.1. The van der Waals surface area contributed by atoms with Gasteiger partial charge in [-0.3, -0.25) is 0 Å². The first-order chi connectivity index (χ1) is 12.7. The molecule has 0 aliphatic carbocycles. The molecule has 1 aromatic heterocycles. The lowest BCUT2D eigenvalue weighted by Crippen LogP contribution is -1.98. The zero-order chi connectivity index (χ0) is 18.9. The molecule has 1 rings (SSSR count). The molecular weight excluding hydrogens is 324 g/mol. The molecule has 0 atom stereocenters. The van der Waals surface area contributed by atoms with Gasteiger partial charge in [-0.15, -0.1) is 0 Å². The first-order valence-electron chi connectivity index (χ1n) is 11.1. The van der Waals surface area contributed by atoms with Crippen LogP contribution in [-0.2, 0) is 6.42 Å². The van der Waals surface area contributed by atoms with Gasteiger partial charge in [0, 0.05) is 12.5 Å². The van der Waals surface area contributed by atoms with Crippen LogP contribution >= 0.6 is 0 Å². The molecule has 0 fully saturated rings. The number of unbranched alkanes of at least 4 members (excludes halogenated alkanes) is 15. The lowest BCUT2D eigenvalue weighted by Gasteiger charge is -2.04. The maximum absolute atomic E-state index is 11.2. The van der Waals surface area contributed by atoms with Crippen molar-refractivity contribution in [3.63, 3.8) is 0 Å². The van der Waals surface area contributed by atoms with Crippen molar-refractivity contribution in [3.8, 4) is 5.75 Å². The van der Waals surface area contributed by atoms with Gasteiger partial charge in [0.2, 0.25) is 0 Å². The summed E-state index contributed by atoms with van der Waals surface area (Å²) in [6, 6.07) is 2.66. The topological polar surface area (TPSA) is 50.4 Å². The third-order valence-electron chi connectivity index (χ3n) is 5.08. The van der Waals surface area contributed by atoms with Crippen molar-refractivity contribution in [1.82, 2.24) is 0 Å². The van der Waals surface area contributed by atoms with Gasteiger partial charge in [0.05, 0.1) is 6.07 Å². The molecule has 150 valence electrons. The molecule has 0 bridgehead atoms. The van der Waals surface area contributed by atoms with Gasteiger partial charge in [-0.05, 0) is 6.42 Å². The van der Waals surface area contributed by atoms with E-state index >= 15 is 0 Å². The van der Waals surface area contributed by atoms with Crippen LogP contribution < -0.4 is 5.63 Å². The number of aromatic hydroxyl groups is 1. The Bertz CT molecular complexity index is 492. The maximum Gasteiger partial charge on any atom is 0.339 e. The van der Waals surface area contributed by atoms with Gasteiger partial charge < -0.3 is 9.52 Å². The SMILES string of the molecule is CCCCCCCCCCCCCCCCCCc1cc(O)cc(=O)o1. The van der Waals surface area contributed by atoms with Crippen LogP contribution in [0, 0.1) is 0 Å². The van der Waals surface area contributed by atoms with Crippen molar-refractivity contribution in [2.45, 2.75) is 116 Å². The first kappa shape index (κ1) is 22.8. The Morgan fingerprint density at radius 1 is 0.692 bits per heavy atom. The molecule has 0 saturated carbocycles. The largest absolute Gasteiger partial charge is 0.508 e. The molecule has 0 radical (unpaired) electrons. The molecule has 0 aromatic carbocycles. The third-order valence-corrected chi connectivity index (χ3v) is 5.08. The Labute approximate surface area is 160 Å². The smallest absolute Gasteiger partial charge is 0.339 e. The zero-order valence-corrected chi connectivity index (χ0v) is 16.9. The van der Waals surface area contributed by atoms with Crippen LogP contribution in [0.1, 0.15) is 115 Å². The molecule has 1 aromatic rings. The van der Waals surface area contributed by atoms with Crippen molar-refractivity contribution >= 4 is 0 Å². The van der Waals surface area contributed by atoms with E-state index in [9.17, 15) is 9.90 Å². The summed E-state index contributed by atoms with van der Waals surface area (Å²) in [5.74, 6) is 0.605. The van der Waals surface area contributed by atoms with E-state index in [1.165, 1.54) is 89.9 Å². The van der Waals surface area contributed by atoms with Gasteiger partial charge in [-0.25, -0.2) is 4.79 Å². The van der Waals surface area contributed by atoms with Crippen LogP contribution in [-0.4, -0.2) is 5.11 Å². The van der Waals surface area contributed by atoms with Crippen molar-refractivity contribution in [3.05, 3.63) is 28.3 Å². The summed E-state index contributed by atoms with van der Waals surface area (Å²) in [4.78, 5) is 11.2. The van der Waals surface area contributed by atoms with Gasteiger partial charge in [0.25, 0.3) is 0 Å². The Morgan fingerprint density at radius 3 is 1.54 bits per heavy atom. The molecular formula is C23H40O3. The van der Waals surface area contributed by atoms with Crippen LogP contribution in [0.2, 0.25) is 0 Å². The number of hydrogen-bond acceptors (Lipinski definition) is 3. The molecule has 0 spiro atoms. The summed E-state index contributed by atoms with van der Waals surface area (Å²) >= 11 is 0. The van der Waals surface area contributed by atoms with Crippen LogP contribution in [0.25, 0.3) is 0 Å². The molecule has 0 aliphatic rings. The third kappa shape index (κ3) is 13.0. The Morgan fingerprint density at radius 2 is 1.12 bits per heavy atom. The highest BCUT2D eigenvalue weighted by Gasteiger charge is 2.01.